The number of nitrogens with one attached hydrogen (secondary N) is 2. The van der Waals surface area contributed by atoms with Gasteiger partial charge in [0.05, 0.1) is 16.6 Å². The van der Waals surface area contributed by atoms with E-state index in [4.69, 9.17) is 4.99 Å². The average molecular weight is 527 g/mol. The van der Waals surface area contributed by atoms with E-state index in [1.165, 1.54) is 11.5 Å². The van der Waals surface area contributed by atoms with Crippen LogP contribution < -0.4 is 10.6 Å². The summed E-state index contributed by atoms with van der Waals surface area (Å²) in [4.78, 5) is 22.1. The summed E-state index contributed by atoms with van der Waals surface area (Å²) in [5, 5.41) is 16.2. The number of rotatable bonds is 3. The number of carbonyl (C=O) groups is 1. The number of para-hydroxylation sites is 1. The van der Waals surface area contributed by atoms with Crippen LogP contribution in [0, 0.1) is 18.4 Å². The van der Waals surface area contributed by atoms with Gasteiger partial charge in [-0.25, -0.2) is 18.2 Å². The molecule has 0 saturated carbocycles. The Morgan fingerprint density at radius 1 is 1.05 bits per heavy atom. The Bertz CT molecular complexity index is 1580. The largest absolute Gasteiger partial charge is 0.338 e. The lowest BCUT2D eigenvalue weighted by Crippen LogP contribution is -2.55. The summed E-state index contributed by atoms with van der Waals surface area (Å²) in [6.07, 6.45) is 3.53. The molecule has 0 radical (unpaired) electrons. The minimum Gasteiger partial charge on any atom is -0.338 e. The van der Waals surface area contributed by atoms with Crippen molar-refractivity contribution in [2.75, 3.05) is 25.0 Å². The summed E-state index contributed by atoms with van der Waals surface area (Å²) in [7, 11) is -3.49. The zero-order chi connectivity index (χ0) is 26.7. The lowest BCUT2D eigenvalue weighted by molar-refractivity contribution is 0.135. The number of nitriles is 1. The van der Waals surface area contributed by atoms with Crippen LogP contribution in [0.5, 0.6) is 0 Å². The van der Waals surface area contributed by atoms with E-state index in [9.17, 15) is 18.5 Å². The third kappa shape index (κ3) is 5.10. The number of aliphatic imine (C=N–C) groups is 1. The Hall–Kier alpha value is -4.62. The van der Waals surface area contributed by atoms with Gasteiger partial charge in [-0.1, -0.05) is 54.6 Å². The zero-order valence-electron chi connectivity index (χ0n) is 20.7. The summed E-state index contributed by atoms with van der Waals surface area (Å²) in [5.41, 5.74) is 3.67. The first-order valence-corrected chi connectivity index (χ1v) is 13.6. The molecule has 192 valence electrons. The van der Waals surface area contributed by atoms with Crippen LogP contribution >= 0.6 is 0 Å². The molecule has 0 aliphatic carbocycles. The Balaban J connectivity index is 1.41. The Morgan fingerprint density at radius 2 is 1.82 bits per heavy atom. The number of hydrogen-bond acceptors (Lipinski definition) is 5. The van der Waals surface area contributed by atoms with Crippen molar-refractivity contribution in [3.63, 3.8) is 0 Å². The number of hydrogen-bond donors (Lipinski definition) is 2. The monoisotopic (exact) mass is 526 g/mol. The molecule has 2 heterocycles. The van der Waals surface area contributed by atoms with Crippen LogP contribution in [0.15, 0.2) is 88.1 Å². The molecule has 2 aliphatic heterocycles. The molecule has 1 fully saturated rings. The standard InChI is InChI=1S/C28H26N6O3S/c1-20-7-5-6-10-24(20)32-27(30-19-29)33-14-15-34(25(18-33)21-8-3-2-4-9-21)28(35)31-23-12-11-22-13-16-38(36,37)26(22)17-23/h2-13,16-17,25H,14-15,18H2,1H3,(H,30,32)(H,31,35). The fraction of sp³-hybridized carbons (Fsp3) is 0.179. The molecule has 1 saturated heterocycles. The first-order valence-electron chi connectivity index (χ1n) is 12.1. The van der Waals surface area contributed by atoms with Gasteiger partial charge in [-0.2, -0.15) is 5.26 Å². The first-order chi connectivity index (χ1) is 18.4. The zero-order valence-corrected chi connectivity index (χ0v) is 21.5. The highest BCUT2D eigenvalue weighted by molar-refractivity contribution is 7.94. The van der Waals surface area contributed by atoms with Crippen molar-refractivity contribution >= 4 is 39.3 Å². The molecule has 10 heteroatoms. The van der Waals surface area contributed by atoms with Gasteiger partial charge < -0.3 is 15.1 Å². The third-order valence-corrected chi connectivity index (χ3v) is 8.09. The van der Waals surface area contributed by atoms with Crippen LogP contribution in [0.25, 0.3) is 6.08 Å². The van der Waals surface area contributed by atoms with Crippen LogP contribution in [-0.2, 0) is 9.84 Å². The molecule has 2 amide bonds. The SMILES string of the molecule is Cc1ccccc1N=C(NC#N)N1CCN(C(=O)Nc2ccc3c(c2)S(=O)(=O)C=C3)C(c2ccccc2)C1. The Kier molecular flexibility index (Phi) is 6.85. The summed E-state index contributed by atoms with van der Waals surface area (Å²) in [5.74, 6) is 0.416. The number of amides is 2. The number of guanidine groups is 1. The van der Waals surface area contributed by atoms with Gasteiger partial charge in [0.15, 0.2) is 6.19 Å². The van der Waals surface area contributed by atoms with Crippen LogP contribution in [0.4, 0.5) is 16.2 Å². The molecule has 9 nitrogen and oxygen atoms in total. The van der Waals surface area contributed by atoms with Gasteiger partial charge in [0.25, 0.3) is 0 Å². The number of fused-ring (bicyclic) bond motifs is 1. The summed E-state index contributed by atoms with van der Waals surface area (Å²) < 4.78 is 24.6. The van der Waals surface area contributed by atoms with Crippen LogP contribution in [0.3, 0.4) is 0 Å². The molecule has 38 heavy (non-hydrogen) atoms. The van der Waals surface area contributed by atoms with Crippen LogP contribution in [-0.4, -0.2) is 49.8 Å². The summed E-state index contributed by atoms with van der Waals surface area (Å²) >= 11 is 0. The maximum atomic E-state index is 13.5. The molecule has 2 N–H and O–H groups in total. The molecular formula is C28H26N6O3S. The fourth-order valence-electron chi connectivity index (χ4n) is 4.64. The molecule has 3 aromatic carbocycles. The van der Waals surface area contributed by atoms with Crippen molar-refractivity contribution in [1.29, 1.82) is 5.26 Å². The Labute approximate surface area is 221 Å². The van der Waals surface area contributed by atoms with Crippen molar-refractivity contribution in [1.82, 2.24) is 15.1 Å². The second-order valence-electron chi connectivity index (χ2n) is 9.06. The third-order valence-electron chi connectivity index (χ3n) is 6.63. The first kappa shape index (κ1) is 25.0. The molecule has 1 atom stereocenters. The minimum absolute atomic E-state index is 0.180. The number of anilines is 1. The smallest absolute Gasteiger partial charge is 0.322 e. The van der Waals surface area contributed by atoms with Crippen molar-refractivity contribution in [2.45, 2.75) is 17.9 Å². The minimum atomic E-state index is -3.49. The number of sulfone groups is 1. The summed E-state index contributed by atoms with van der Waals surface area (Å²) in [6, 6.07) is 21.5. The van der Waals surface area contributed by atoms with Gasteiger partial charge in [-0.3, -0.25) is 5.32 Å². The lowest BCUT2D eigenvalue weighted by Gasteiger charge is -2.42. The van der Waals surface area contributed by atoms with Crippen LogP contribution in [0.1, 0.15) is 22.7 Å². The van der Waals surface area contributed by atoms with Gasteiger partial charge in [0, 0.05) is 30.7 Å². The highest BCUT2D eigenvalue weighted by Crippen LogP contribution is 2.31. The van der Waals surface area contributed by atoms with E-state index < -0.39 is 9.84 Å². The van der Waals surface area contributed by atoms with E-state index in [2.05, 4.69) is 10.6 Å². The summed E-state index contributed by atoms with van der Waals surface area (Å²) in [6.45, 7) is 3.16. The lowest BCUT2D eigenvalue weighted by atomic mass is 10.0. The second-order valence-corrected chi connectivity index (χ2v) is 10.9. The van der Waals surface area contributed by atoms with Crippen molar-refractivity contribution in [2.24, 2.45) is 4.99 Å². The van der Waals surface area contributed by atoms with Crippen molar-refractivity contribution in [3.05, 3.63) is 94.9 Å². The highest BCUT2D eigenvalue weighted by atomic mass is 32.2. The number of urea groups is 1. The highest BCUT2D eigenvalue weighted by Gasteiger charge is 2.33. The average Bonchev–Trinajstić information content (AvgIpc) is 3.23. The number of aryl methyl sites for hydroxylation is 1. The van der Waals surface area contributed by atoms with Gasteiger partial charge in [0.1, 0.15) is 0 Å². The van der Waals surface area contributed by atoms with E-state index in [1.54, 1.807) is 23.1 Å². The molecule has 5 rings (SSSR count). The molecular weight excluding hydrogens is 500 g/mol. The molecule has 3 aromatic rings. The van der Waals surface area contributed by atoms with Gasteiger partial charge in [-0.15, -0.1) is 0 Å². The maximum absolute atomic E-state index is 13.5. The predicted molar refractivity (Wildman–Crippen MR) is 146 cm³/mol. The maximum Gasteiger partial charge on any atom is 0.322 e. The molecule has 2 aliphatic rings. The normalized spacial score (nSPS) is 18.0. The van der Waals surface area contributed by atoms with Crippen molar-refractivity contribution in [3.8, 4) is 6.19 Å². The molecule has 0 spiro atoms. The van der Waals surface area contributed by atoms with E-state index >= 15 is 0 Å². The molecule has 0 aromatic heterocycles. The second kappa shape index (κ2) is 10.4. The molecule has 0 bridgehead atoms. The number of piperazine rings is 1. The van der Waals surface area contributed by atoms with Crippen molar-refractivity contribution < 1.29 is 13.2 Å². The Morgan fingerprint density at radius 3 is 2.58 bits per heavy atom. The number of carbonyl (C=O) groups excluding carboxylic acids is 1. The fourth-order valence-corrected chi connectivity index (χ4v) is 5.87. The predicted octanol–water partition coefficient (Wildman–Crippen LogP) is 4.40. The quantitative estimate of drug-likeness (QED) is 0.226. The van der Waals surface area contributed by atoms with E-state index in [0.29, 0.717) is 36.8 Å². The van der Waals surface area contributed by atoms with E-state index in [1.807, 2.05) is 72.6 Å². The van der Waals surface area contributed by atoms with Gasteiger partial charge in [-0.05, 0) is 47.9 Å². The number of benzene rings is 3. The van der Waals surface area contributed by atoms with Gasteiger partial charge in [0.2, 0.25) is 15.8 Å². The number of nitrogens with zero attached hydrogens (tertiary/aromatic N) is 4. The van der Waals surface area contributed by atoms with Gasteiger partial charge >= 0.3 is 6.03 Å². The van der Waals surface area contributed by atoms with E-state index in [0.717, 1.165) is 16.8 Å². The van der Waals surface area contributed by atoms with E-state index in [-0.39, 0.29) is 17.0 Å². The molecule has 1 unspecified atom stereocenters. The topological polar surface area (TPSA) is 118 Å². The van der Waals surface area contributed by atoms with Crippen LogP contribution in [0.2, 0.25) is 0 Å².